The summed E-state index contributed by atoms with van der Waals surface area (Å²) in [6, 6.07) is 34.2. The van der Waals surface area contributed by atoms with Crippen LogP contribution < -0.4 is 9.80 Å². The zero-order valence-electron chi connectivity index (χ0n) is 19.6. The first-order valence-electron chi connectivity index (χ1n) is 11.5. The van der Waals surface area contributed by atoms with Crippen LogP contribution in [0.25, 0.3) is 0 Å². The van der Waals surface area contributed by atoms with Crippen molar-refractivity contribution in [3.05, 3.63) is 127 Å². The Kier molecular flexibility index (Phi) is 7.14. The average molecular weight is 511 g/mol. The molecule has 1 aliphatic rings. The first-order valence-corrected chi connectivity index (χ1v) is 12.3. The van der Waals surface area contributed by atoms with Crippen LogP contribution in [0.4, 0.5) is 16.2 Å². The Morgan fingerprint density at radius 3 is 1.51 bits per heavy atom. The number of nitrogens with zero attached hydrogens (tertiary/aromatic N) is 2. The predicted octanol–water partition coefficient (Wildman–Crippen LogP) is 5.82. The number of urea groups is 1. The summed E-state index contributed by atoms with van der Waals surface area (Å²) in [6.07, 6.45) is -0.152. The van der Waals surface area contributed by atoms with Crippen molar-refractivity contribution in [2.24, 2.45) is 0 Å². The molecular formula is C29H22N2O5S. The Labute approximate surface area is 218 Å². The molecule has 0 spiro atoms. The summed E-state index contributed by atoms with van der Waals surface area (Å²) in [7, 11) is 0. The van der Waals surface area contributed by atoms with Gasteiger partial charge in [0, 0.05) is 11.3 Å². The number of barbiturate groups is 1. The van der Waals surface area contributed by atoms with E-state index < -0.39 is 23.4 Å². The number of hydrogen-bond donors (Lipinski definition) is 0. The monoisotopic (exact) mass is 510 g/mol. The standard InChI is InChI=1S/C29H22N2O5S/c32-26-29(21-22-13-5-1-6-14-22,35-36-37-25-19-11-4-12-20-25)27(33)31(24-17-9-3-10-18-24)28(34)30(26)23-15-7-2-8-16-23/h1-20H,21H2. The maximum atomic E-state index is 14.1. The van der Waals surface area contributed by atoms with Crippen molar-refractivity contribution >= 4 is 41.3 Å². The SMILES string of the molecule is O=C1N(c2ccccc2)C(=O)C(Cc2ccccc2)(OOSc2ccccc2)C(=O)N1c1ccccc1. The molecular weight excluding hydrogens is 488 g/mol. The molecule has 5 rings (SSSR count). The van der Waals surface area contributed by atoms with Crippen molar-refractivity contribution < 1.29 is 23.6 Å². The number of benzene rings is 4. The van der Waals surface area contributed by atoms with E-state index in [-0.39, 0.29) is 6.42 Å². The Morgan fingerprint density at radius 2 is 1.03 bits per heavy atom. The number of anilines is 2. The zero-order chi connectivity index (χ0) is 25.7. The molecule has 0 N–H and O–H groups in total. The smallest absolute Gasteiger partial charge is 0.270 e. The fourth-order valence-electron chi connectivity index (χ4n) is 4.06. The van der Waals surface area contributed by atoms with Gasteiger partial charge in [-0.2, -0.15) is 9.22 Å². The highest BCUT2D eigenvalue weighted by atomic mass is 32.2. The lowest BCUT2D eigenvalue weighted by molar-refractivity contribution is -0.262. The number of amides is 4. The molecule has 0 radical (unpaired) electrons. The van der Waals surface area contributed by atoms with E-state index in [4.69, 9.17) is 9.22 Å². The van der Waals surface area contributed by atoms with Crippen LogP contribution in [0.2, 0.25) is 0 Å². The minimum atomic E-state index is -2.18. The molecule has 7 nitrogen and oxygen atoms in total. The van der Waals surface area contributed by atoms with Gasteiger partial charge < -0.3 is 0 Å². The molecule has 0 atom stereocenters. The number of hydrogen-bond acceptors (Lipinski definition) is 6. The Hall–Kier alpha value is -4.24. The Morgan fingerprint density at radius 1 is 0.595 bits per heavy atom. The molecule has 4 amide bonds. The van der Waals surface area contributed by atoms with Crippen LogP contribution in [0.3, 0.4) is 0 Å². The molecule has 4 aromatic rings. The van der Waals surface area contributed by atoms with Crippen LogP contribution in [-0.4, -0.2) is 23.4 Å². The number of rotatable bonds is 8. The lowest BCUT2D eigenvalue weighted by atomic mass is 9.89. The van der Waals surface area contributed by atoms with Crippen LogP contribution in [0.5, 0.6) is 0 Å². The quantitative estimate of drug-likeness (QED) is 0.129. The van der Waals surface area contributed by atoms with Gasteiger partial charge in [0.15, 0.2) is 0 Å². The van der Waals surface area contributed by atoms with E-state index in [1.807, 2.05) is 24.3 Å². The summed E-state index contributed by atoms with van der Waals surface area (Å²) in [5.74, 6) is -1.67. The molecule has 0 bridgehead atoms. The zero-order valence-corrected chi connectivity index (χ0v) is 20.4. The van der Waals surface area contributed by atoms with E-state index in [0.29, 0.717) is 21.8 Å². The van der Waals surface area contributed by atoms with Crippen LogP contribution in [-0.2, 0) is 25.2 Å². The van der Waals surface area contributed by atoms with Gasteiger partial charge >= 0.3 is 6.03 Å². The minimum Gasteiger partial charge on any atom is -0.270 e. The van der Waals surface area contributed by atoms with Gasteiger partial charge in [0.2, 0.25) is 0 Å². The van der Waals surface area contributed by atoms with Gasteiger partial charge in [-0.1, -0.05) is 84.9 Å². The van der Waals surface area contributed by atoms with E-state index in [1.54, 1.807) is 97.1 Å². The number of carbonyl (C=O) groups is 3. The van der Waals surface area contributed by atoms with Gasteiger partial charge in [-0.25, -0.2) is 14.6 Å². The van der Waals surface area contributed by atoms with Crippen molar-refractivity contribution in [3.8, 4) is 0 Å². The molecule has 4 aromatic carbocycles. The van der Waals surface area contributed by atoms with Crippen LogP contribution in [0.15, 0.2) is 126 Å². The average Bonchev–Trinajstić information content (AvgIpc) is 2.94. The fraction of sp³-hybridized carbons (Fsp3) is 0.0690. The molecule has 1 fully saturated rings. The molecule has 0 aliphatic carbocycles. The molecule has 8 heteroatoms. The van der Waals surface area contributed by atoms with Crippen LogP contribution in [0, 0.1) is 0 Å². The highest BCUT2D eigenvalue weighted by Gasteiger charge is 2.61. The Balaban J connectivity index is 1.61. The second kappa shape index (κ2) is 10.8. The molecule has 1 aliphatic heterocycles. The van der Waals surface area contributed by atoms with Crippen molar-refractivity contribution in [1.29, 1.82) is 0 Å². The molecule has 37 heavy (non-hydrogen) atoms. The first-order chi connectivity index (χ1) is 18.1. The minimum absolute atomic E-state index is 0.152. The lowest BCUT2D eigenvalue weighted by Gasteiger charge is -2.42. The molecule has 184 valence electrons. The van der Waals surface area contributed by atoms with E-state index in [2.05, 4.69) is 0 Å². The van der Waals surface area contributed by atoms with Gasteiger partial charge in [-0.05, 0) is 42.0 Å². The summed E-state index contributed by atoms with van der Waals surface area (Å²) in [5, 5.41) is 0. The summed E-state index contributed by atoms with van der Waals surface area (Å²) >= 11 is 0.873. The van der Waals surface area contributed by atoms with Crippen molar-refractivity contribution in [3.63, 3.8) is 0 Å². The lowest BCUT2D eigenvalue weighted by Crippen LogP contribution is -2.71. The van der Waals surface area contributed by atoms with Crippen LogP contribution >= 0.6 is 12.0 Å². The summed E-state index contributed by atoms with van der Waals surface area (Å²) in [4.78, 5) is 50.4. The van der Waals surface area contributed by atoms with Crippen LogP contribution in [0.1, 0.15) is 5.56 Å². The molecule has 0 saturated carbocycles. The summed E-state index contributed by atoms with van der Waals surface area (Å²) in [5.41, 5.74) is -0.902. The van der Waals surface area contributed by atoms with Gasteiger partial charge in [-0.3, -0.25) is 9.59 Å². The topological polar surface area (TPSA) is 76.1 Å². The first kappa shape index (κ1) is 24.5. The van der Waals surface area contributed by atoms with Crippen molar-refractivity contribution in [2.75, 3.05) is 9.80 Å². The maximum Gasteiger partial charge on any atom is 0.342 e. The highest BCUT2D eigenvalue weighted by Crippen LogP contribution is 2.36. The largest absolute Gasteiger partial charge is 0.342 e. The number of imide groups is 2. The molecule has 1 heterocycles. The Bertz CT molecular complexity index is 1320. The number of carbonyl (C=O) groups excluding carboxylic acids is 3. The third-order valence-electron chi connectivity index (χ3n) is 5.85. The van der Waals surface area contributed by atoms with Gasteiger partial charge in [0.05, 0.1) is 23.4 Å². The van der Waals surface area contributed by atoms with E-state index in [0.717, 1.165) is 21.8 Å². The molecule has 0 unspecified atom stereocenters. The third kappa shape index (κ3) is 4.90. The molecule has 0 aromatic heterocycles. The van der Waals surface area contributed by atoms with Crippen molar-refractivity contribution in [2.45, 2.75) is 16.9 Å². The second-order valence-electron chi connectivity index (χ2n) is 8.27. The van der Waals surface area contributed by atoms with E-state index in [9.17, 15) is 14.4 Å². The summed E-state index contributed by atoms with van der Waals surface area (Å²) < 4.78 is 5.49. The predicted molar refractivity (Wildman–Crippen MR) is 141 cm³/mol. The third-order valence-corrected chi connectivity index (χ3v) is 6.45. The van der Waals surface area contributed by atoms with Gasteiger partial charge in [-0.15, -0.1) is 0 Å². The summed E-state index contributed by atoms with van der Waals surface area (Å²) in [6.45, 7) is 0. The molecule has 1 saturated heterocycles. The number of para-hydroxylation sites is 2. The highest BCUT2D eigenvalue weighted by molar-refractivity contribution is 7.94. The second-order valence-corrected chi connectivity index (χ2v) is 9.05. The van der Waals surface area contributed by atoms with E-state index >= 15 is 0 Å². The maximum absolute atomic E-state index is 14.1. The normalized spacial score (nSPS) is 15.2. The van der Waals surface area contributed by atoms with Crippen molar-refractivity contribution in [1.82, 2.24) is 0 Å². The van der Waals surface area contributed by atoms with Gasteiger partial charge in [0.1, 0.15) is 0 Å². The van der Waals surface area contributed by atoms with E-state index in [1.165, 1.54) is 0 Å². The van der Waals surface area contributed by atoms with Gasteiger partial charge in [0.25, 0.3) is 17.4 Å². The fourth-order valence-corrected chi connectivity index (χ4v) is 4.56.